The highest BCUT2D eigenvalue weighted by Gasteiger charge is 2.59. The zero-order chi connectivity index (χ0) is 65.9. The third-order valence-electron chi connectivity index (χ3n) is 14.3. The molecule has 6 heterocycles. The number of hydroxylamine groups is 4. The average Bonchev–Trinajstić information content (AvgIpc) is 1.48. The van der Waals surface area contributed by atoms with Crippen LogP contribution in [0.3, 0.4) is 0 Å². The maximum absolute atomic E-state index is 13.3. The molecule has 90 heavy (non-hydrogen) atoms. The van der Waals surface area contributed by atoms with E-state index < -0.39 is 129 Å². The van der Waals surface area contributed by atoms with E-state index in [9.17, 15) is 55.8 Å². The number of hydrogen-bond donors (Lipinski definition) is 10. The van der Waals surface area contributed by atoms with E-state index in [2.05, 4.69) is 49.5 Å². The standard InChI is InChI=1S/C27H34N6O10S2.C25H32N8O10S2/c1-27(2)18(24(35)33(27)43-45(38,39)40)12-21(34)23(20-14-44-26(29)31-20)32-42-22(25(36)37)13-41-17-8-5-15(6-9-17)19(28)10-7-16-4-3-11-30-16;1-25(2)15(21(35)33(25)43-45(38,39)40)9-18(34)20(17-12-44-23(27)30-17)32-42-19(22(36)37)11-41-14-5-3-13(4-6-14)16-10-29-24(31-16)28-8-7-26/h5-6,8-9,14,18-19,22H,3-4,7,10-13,28H2,1-2H3,(H2,29,31)(H,36,37)(H,38,39,40);3-6,12,15-16,19H,7-11,26H2,1-2H3,(H2,27,30)(H,36,37)(H2,28,29,31)(H,38,39,40)/b32-23-;32-20-. The SMILES string of the molecule is CC1(C)C(CC(=O)/C(=N\OC(COc2ccc(C(N)CCC3=NCCC3)cc2)C(=O)O)c2csc(N)n2)C(=O)N1OS(=O)(=O)O.CC1(C)C(CC(=O)/C(=N\OC(COc2ccc(C3CN=C(NCCN)N3)cc2)C(=O)O)c2csc(N)n2)C(=O)N1OS(=O)(=O)O. The first-order valence-electron chi connectivity index (χ1n) is 27.3. The molecule has 2 aromatic carbocycles. The van der Waals surface area contributed by atoms with Crippen LogP contribution < -0.4 is 43.0 Å². The lowest BCUT2D eigenvalue weighted by Gasteiger charge is -2.50. The van der Waals surface area contributed by atoms with Gasteiger partial charge >= 0.3 is 32.7 Å². The lowest BCUT2D eigenvalue weighted by Crippen LogP contribution is -2.68. The van der Waals surface area contributed by atoms with Crippen molar-refractivity contribution in [1.29, 1.82) is 0 Å². The number of ether oxygens (including phenoxy) is 2. The first-order chi connectivity index (χ1) is 42.3. The summed E-state index contributed by atoms with van der Waals surface area (Å²) in [5, 5.41) is 37.1. The fourth-order valence-electron chi connectivity index (χ4n) is 9.27. The molecule has 4 aromatic rings. The van der Waals surface area contributed by atoms with E-state index in [1.807, 2.05) is 0 Å². The maximum Gasteiger partial charge on any atom is 0.418 e. The topological polar surface area (TPSA) is 517 Å². The molecule has 8 rings (SSSR count). The van der Waals surface area contributed by atoms with Gasteiger partial charge in [0.1, 0.15) is 36.1 Å². The average molecular weight is 1340 g/mol. The van der Waals surface area contributed by atoms with Gasteiger partial charge in [-0.15, -0.1) is 31.2 Å². The van der Waals surface area contributed by atoms with E-state index in [-0.39, 0.29) is 33.7 Å². The van der Waals surface area contributed by atoms with Crippen molar-refractivity contribution < 1.29 is 92.6 Å². The number of hydrogen-bond acceptors (Lipinski definition) is 30. The van der Waals surface area contributed by atoms with Crippen molar-refractivity contribution in [2.75, 3.05) is 50.9 Å². The van der Waals surface area contributed by atoms with E-state index in [1.165, 1.54) is 44.2 Å². The molecule has 2 saturated heterocycles. The lowest BCUT2D eigenvalue weighted by atomic mass is 9.74. The summed E-state index contributed by atoms with van der Waals surface area (Å²) in [7, 11) is -9.97. The summed E-state index contributed by atoms with van der Waals surface area (Å²) in [4.78, 5) is 103. The molecule has 4 aliphatic rings. The number of carbonyl (C=O) groups excluding carboxylic acids is 4. The number of benzene rings is 2. The van der Waals surface area contributed by atoms with Gasteiger partial charge in [0.25, 0.3) is 24.0 Å². The Balaban J connectivity index is 0.000000256. The van der Waals surface area contributed by atoms with Crippen molar-refractivity contribution >= 4 is 112 Å². The molecule has 14 N–H and O–H groups in total. The molecule has 0 spiro atoms. The monoisotopic (exact) mass is 1330 g/mol. The number of rotatable bonds is 31. The minimum atomic E-state index is -4.99. The molecule has 2 fully saturated rings. The van der Waals surface area contributed by atoms with Crippen LogP contribution in [0.2, 0.25) is 0 Å². The van der Waals surface area contributed by atoms with Crippen molar-refractivity contribution in [3.05, 3.63) is 81.8 Å². The van der Waals surface area contributed by atoms with Gasteiger partial charge in [-0.25, -0.2) is 19.6 Å². The van der Waals surface area contributed by atoms with E-state index in [1.54, 1.807) is 48.5 Å². The Morgan fingerprint density at radius 2 is 1.22 bits per heavy atom. The molecule has 4 aliphatic heterocycles. The first kappa shape index (κ1) is 69.1. The van der Waals surface area contributed by atoms with E-state index in [0.717, 1.165) is 66.0 Å². The van der Waals surface area contributed by atoms with Crippen LogP contribution in [0.4, 0.5) is 10.3 Å². The van der Waals surface area contributed by atoms with Crippen LogP contribution in [-0.2, 0) is 67.8 Å². The summed E-state index contributed by atoms with van der Waals surface area (Å²) in [5.74, 6) is -6.94. The highest BCUT2D eigenvalue weighted by molar-refractivity contribution is 7.81. The van der Waals surface area contributed by atoms with Gasteiger partial charge in [-0.3, -0.25) is 38.3 Å². The van der Waals surface area contributed by atoms with Crippen molar-refractivity contribution in [1.82, 2.24) is 30.7 Å². The number of amides is 2. The van der Waals surface area contributed by atoms with Gasteiger partial charge in [0.15, 0.2) is 39.2 Å². The first-order valence-corrected chi connectivity index (χ1v) is 31.8. The van der Waals surface area contributed by atoms with Crippen LogP contribution >= 0.6 is 22.7 Å². The van der Waals surface area contributed by atoms with E-state index in [4.69, 9.17) is 51.2 Å². The Morgan fingerprint density at radius 1 is 0.756 bits per heavy atom. The van der Waals surface area contributed by atoms with Crippen molar-refractivity contribution in [2.24, 2.45) is 43.6 Å². The molecule has 0 radical (unpaired) electrons. The second kappa shape index (κ2) is 29.5. The van der Waals surface area contributed by atoms with Crippen LogP contribution in [0, 0.1) is 11.8 Å². The fourth-order valence-corrected chi connectivity index (χ4v) is 11.3. The number of nitrogen functional groups attached to an aromatic ring is 2. The normalized spacial score (nSPS) is 19.8. The summed E-state index contributed by atoms with van der Waals surface area (Å²) in [5.41, 5.74) is 22.7. The Labute approximate surface area is 522 Å². The number of aromatic nitrogens is 2. The van der Waals surface area contributed by atoms with Crippen molar-refractivity contribution in [2.45, 2.75) is 102 Å². The minimum absolute atomic E-state index is 0.0184. The van der Waals surface area contributed by atoms with Crippen LogP contribution in [0.25, 0.3) is 0 Å². The zero-order valence-corrected chi connectivity index (χ0v) is 51.8. The number of thiazole rings is 2. The number of Topliss-reactive ketones (excluding diaryl/α,β-unsaturated/α-hetero) is 2. The van der Waals surface area contributed by atoms with Crippen LogP contribution in [0.1, 0.15) is 101 Å². The summed E-state index contributed by atoms with van der Waals surface area (Å²) < 4.78 is 82.1. The number of nitrogens with zero attached hydrogens (tertiary/aromatic N) is 8. The number of aliphatic imine (C=N–C) groups is 2. The smallest absolute Gasteiger partial charge is 0.418 e. The Hall–Kier alpha value is -8.34. The van der Waals surface area contributed by atoms with Gasteiger partial charge in [0.2, 0.25) is 0 Å². The molecular weight excluding hydrogens is 1270 g/mol. The quantitative estimate of drug-likeness (QED) is 0.0147. The molecule has 6 atom stereocenters. The lowest BCUT2D eigenvalue weighted by molar-refractivity contribution is -0.228. The molecule has 2 aromatic heterocycles. The summed E-state index contributed by atoms with van der Waals surface area (Å²) in [6, 6.07) is 13.6. The number of guanidine groups is 1. The molecule has 2 amide bonds. The van der Waals surface area contributed by atoms with E-state index >= 15 is 0 Å². The number of aliphatic carboxylic acids is 2. The third kappa shape index (κ3) is 18.2. The van der Waals surface area contributed by atoms with Gasteiger partial charge in [-0.05, 0) is 88.8 Å². The van der Waals surface area contributed by atoms with Gasteiger partial charge in [-0.2, -0.15) is 27.0 Å². The number of oxime groups is 2. The minimum Gasteiger partial charge on any atom is -0.489 e. The fraction of sp³-hybridized carbons (Fsp3) is 0.462. The van der Waals surface area contributed by atoms with Crippen molar-refractivity contribution in [3.8, 4) is 11.5 Å². The van der Waals surface area contributed by atoms with Gasteiger partial charge < -0.3 is 62.9 Å². The maximum atomic E-state index is 13.3. The predicted molar refractivity (Wildman–Crippen MR) is 321 cm³/mol. The number of nitrogens with one attached hydrogen (secondary N) is 2. The second-order valence-electron chi connectivity index (χ2n) is 21.4. The molecule has 38 heteroatoms. The summed E-state index contributed by atoms with van der Waals surface area (Å²) >= 11 is 1.97. The van der Waals surface area contributed by atoms with Crippen LogP contribution in [-0.4, -0.2) is 177 Å². The molecule has 0 bridgehead atoms. The zero-order valence-electron chi connectivity index (χ0n) is 48.6. The van der Waals surface area contributed by atoms with Gasteiger partial charge in [0, 0.05) is 55.0 Å². The molecule has 488 valence electrons. The predicted octanol–water partition coefficient (Wildman–Crippen LogP) is 1.38. The van der Waals surface area contributed by atoms with E-state index in [0.29, 0.717) is 47.2 Å². The number of carboxylic acids is 2. The van der Waals surface area contributed by atoms with Crippen LogP contribution in [0.15, 0.2) is 79.6 Å². The van der Waals surface area contributed by atoms with Crippen molar-refractivity contribution in [3.63, 3.8) is 0 Å². The molecule has 34 nitrogen and oxygen atoms in total. The number of carboxylic acid groups (broad SMARTS) is 2. The number of carbonyl (C=O) groups is 6. The number of nitrogens with two attached hydrogens (primary N) is 4. The Kier molecular flexibility index (Phi) is 22.7. The Morgan fingerprint density at radius 3 is 1.61 bits per heavy atom. The highest BCUT2D eigenvalue weighted by atomic mass is 32.3. The highest BCUT2D eigenvalue weighted by Crippen LogP contribution is 2.42. The molecular formula is C52H66N14O20S4. The second-order valence-corrected chi connectivity index (χ2v) is 25.2. The van der Waals surface area contributed by atoms with Gasteiger partial charge in [-0.1, -0.05) is 34.6 Å². The summed E-state index contributed by atoms with van der Waals surface area (Å²) in [6.45, 7) is 7.20. The van der Waals surface area contributed by atoms with Gasteiger partial charge in [0.05, 0.1) is 35.5 Å². The largest absolute Gasteiger partial charge is 0.489 e. The number of ketones is 2. The molecule has 0 aliphatic carbocycles. The summed E-state index contributed by atoms with van der Waals surface area (Å²) in [6.07, 6.45) is -0.599. The van der Waals surface area contributed by atoms with Crippen LogP contribution in [0.5, 0.6) is 11.5 Å². The third-order valence-corrected chi connectivity index (χ3v) is 16.3. The Bertz CT molecular complexity index is 3650. The number of anilines is 2. The molecule has 0 saturated carbocycles. The molecule has 6 unspecified atom stereocenters. The number of β-lactam (4-membered cyclic amide) rings is 2.